The van der Waals surface area contributed by atoms with Crippen molar-refractivity contribution in [2.75, 3.05) is 5.32 Å². The molecule has 0 aliphatic carbocycles. The Bertz CT molecular complexity index is 1200. The van der Waals surface area contributed by atoms with Gasteiger partial charge in [-0.2, -0.15) is 0 Å². The van der Waals surface area contributed by atoms with Crippen molar-refractivity contribution in [3.63, 3.8) is 0 Å². The van der Waals surface area contributed by atoms with Crippen molar-refractivity contribution < 1.29 is 14.3 Å². The maximum absolute atomic E-state index is 12.2. The number of ether oxygens (including phenoxy) is 1. The number of fused-ring (bicyclic) bond motifs is 1. The van der Waals surface area contributed by atoms with E-state index in [4.69, 9.17) is 4.74 Å². The largest absolute Gasteiger partial charge is 0.457 e. The van der Waals surface area contributed by atoms with Gasteiger partial charge in [0.05, 0.1) is 28.5 Å². The molecule has 0 aliphatic heterocycles. The van der Waals surface area contributed by atoms with Gasteiger partial charge >= 0.3 is 5.97 Å². The molecule has 6 heteroatoms. The summed E-state index contributed by atoms with van der Waals surface area (Å²) in [5.41, 5.74) is 5.36. The molecule has 1 amide bonds. The third-order valence-corrected chi connectivity index (χ3v) is 4.51. The molecule has 0 atom stereocenters. The molecule has 3 aromatic carbocycles. The average Bonchev–Trinajstić information content (AvgIpc) is 2.77. The van der Waals surface area contributed by atoms with E-state index in [1.807, 2.05) is 48.5 Å². The number of nitrogens with one attached hydrogen (secondary N) is 1. The lowest BCUT2D eigenvalue weighted by Crippen LogP contribution is -2.07. The summed E-state index contributed by atoms with van der Waals surface area (Å²) < 4.78 is 5.38. The second kappa shape index (κ2) is 8.53. The second-order valence-corrected chi connectivity index (χ2v) is 6.78. The Labute approximate surface area is 173 Å². The minimum Gasteiger partial charge on any atom is -0.457 e. The zero-order chi connectivity index (χ0) is 20.9. The second-order valence-electron chi connectivity index (χ2n) is 6.78. The van der Waals surface area contributed by atoms with Gasteiger partial charge in [-0.05, 0) is 42.0 Å². The average molecular weight is 397 g/mol. The maximum atomic E-state index is 12.2. The highest BCUT2D eigenvalue weighted by Crippen LogP contribution is 2.20. The van der Waals surface area contributed by atoms with Crippen molar-refractivity contribution in [2.45, 2.75) is 13.5 Å². The van der Waals surface area contributed by atoms with Crippen LogP contribution in [0.4, 0.5) is 5.69 Å². The van der Waals surface area contributed by atoms with E-state index in [0.717, 1.165) is 27.9 Å². The Hall–Kier alpha value is -4.06. The summed E-state index contributed by atoms with van der Waals surface area (Å²) >= 11 is 0. The number of benzene rings is 3. The molecule has 4 aromatic rings. The molecular formula is C24H19N3O3. The van der Waals surface area contributed by atoms with E-state index in [-0.39, 0.29) is 12.5 Å². The van der Waals surface area contributed by atoms with Crippen molar-refractivity contribution in [1.82, 2.24) is 9.97 Å². The lowest BCUT2D eigenvalue weighted by molar-refractivity contribution is -0.114. The molecule has 1 N–H and O–H groups in total. The molecule has 0 radical (unpaired) electrons. The Morgan fingerprint density at radius 2 is 1.60 bits per heavy atom. The van der Waals surface area contributed by atoms with Gasteiger partial charge in [0.1, 0.15) is 6.61 Å². The fraction of sp³-hybridized carbons (Fsp3) is 0.0833. The van der Waals surface area contributed by atoms with Crippen LogP contribution in [-0.2, 0) is 16.1 Å². The Kier molecular flexibility index (Phi) is 5.48. The minimum atomic E-state index is -0.422. The predicted octanol–water partition coefficient (Wildman–Crippen LogP) is 4.61. The first-order valence-electron chi connectivity index (χ1n) is 9.44. The number of aromatic nitrogens is 2. The van der Waals surface area contributed by atoms with Crippen LogP contribution in [0.2, 0.25) is 0 Å². The van der Waals surface area contributed by atoms with Crippen LogP contribution in [0.3, 0.4) is 0 Å². The third-order valence-electron chi connectivity index (χ3n) is 4.51. The molecule has 4 rings (SSSR count). The molecule has 1 aromatic heterocycles. The monoisotopic (exact) mass is 397 g/mol. The first-order valence-corrected chi connectivity index (χ1v) is 9.44. The van der Waals surface area contributed by atoms with E-state index in [1.165, 1.54) is 6.92 Å². The maximum Gasteiger partial charge on any atom is 0.338 e. The standard InChI is InChI=1S/C24H19N3O3/c1-16(28)26-20-12-10-19(11-13-20)24(29)30-15-17-6-8-18(9-7-17)23-14-25-21-4-2-3-5-22(21)27-23/h2-14H,15H2,1H3,(H,26,28). The predicted molar refractivity (Wildman–Crippen MR) is 115 cm³/mol. The number of hydrogen-bond acceptors (Lipinski definition) is 5. The van der Waals surface area contributed by atoms with E-state index in [0.29, 0.717) is 11.3 Å². The first kappa shape index (κ1) is 19.3. The van der Waals surface area contributed by atoms with Crippen LogP contribution in [0.15, 0.2) is 79.0 Å². The van der Waals surface area contributed by atoms with Crippen LogP contribution in [-0.4, -0.2) is 21.8 Å². The molecular weight excluding hydrogens is 378 g/mol. The van der Waals surface area contributed by atoms with Crippen LogP contribution in [0.5, 0.6) is 0 Å². The molecule has 6 nitrogen and oxygen atoms in total. The zero-order valence-electron chi connectivity index (χ0n) is 16.3. The van der Waals surface area contributed by atoms with Gasteiger partial charge in [0.25, 0.3) is 0 Å². The van der Waals surface area contributed by atoms with Gasteiger partial charge in [0.15, 0.2) is 0 Å². The molecule has 0 unspecified atom stereocenters. The first-order chi connectivity index (χ1) is 14.6. The van der Waals surface area contributed by atoms with Crippen molar-refractivity contribution >= 4 is 28.6 Å². The summed E-state index contributed by atoms with van der Waals surface area (Å²) in [4.78, 5) is 32.4. The minimum absolute atomic E-state index is 0.163. The summed E-state index contributed by atoms with van der Waals surface area (Å²) in [6.45, 7) is 1.59. The van der Waals surface area contributed by atoms with Crippen molar-refractivity contribution in [3.05, 3.63) is 90.1 Å². The van der Waals surface area contributed by atoms with Crippen LogP contribution in [0.1, 0.15) is 22.8 Å². The quantitative estimate of drug-likeness (QED) is 0.497. The molecule has 0 saturated carbocycles. The van der Waals surface area contributed by atoms with E-state index in [1.54, 1.807) is 30.5 Å². The number of nitrogens with zero attached hydrogens (tertiary/aromatic N) is 2. The van der Waals surface area contributed by atoms with Gasteiger partial charge in [-0.1, -0.05) is 36.4 Å². The summed E-state index contributed by atoms with van der Waals surface area (Å²) in [7, 11) is 0. The van der Waals surface area contributed by atoms with E-state index in [9.17, 15) is 9.59 Å². The van der Waals surface area contributed by atoms with Crippen molar-refractivity contribution in [3.8, 4) is 11.3 Å². The molecule has 30 heavy (non-hydrogen) atoms. The summed E-state index contributed by atoms with van der Waals surface area (Å²) in [5, 5.41) is 2.66. The molecule has 0 spiro atoms. The lowest BCUT2D eigenvalue weighted by Gasteiger charge is -2.07. The number of para-hydroxylation sites is 2. The van der Waals surface area contributed by atoms with E-state index in [2.05, 4.69) is 15.3 Å². The normalized spacial score (nSPS) is 10.6. The molecule has 0 saturated heterocycles. The Morgan fingerprint density at radius 1 is 0.900 bits per heavy atom. The molecule has 0 bridgehead atoms. The number of hydrogen-bond donors (Lipinski definition) is 1. The van der Waals surface area contributed by atoms with E-state index < -0.39 is 5.97 Å². The van der Waals surface area contributed by atoms with Gasteiger partial charge in [0.2, 0.25) is 5.91 Å². The Morgan fingerprint density at radius 3 is 2.30 bits per heavy atom. The van der Waals surface area contributed by atoms with Gasteiger partial charge in [-0.25, -0.2) is 9.78 Å². The number of esters is 1. The highest BCUT2D eigenvalue weighted by molar-refractivity contribution is 5.92. The van der Waals surface area contributed by atoms with Gasteiger partial charge in [-0.3, -0.25) is 9.78 Å². The number of anilines is 1. The number of rotatable bonds is 5. The Balaban J connectivity index is 1.39. The van der Waals surface area contributed by atoms with Crippen LogP contribution < -0.4 is 5.32 Å². The highest BCUT2D eigenvalue weighted by Gasteiger charge is 2.08. The van der Waals surface area contributed by atoms with Gasteiger partial charge in [0, 0.05) is 18.2 Å². The number of carbonyl (C=O) groups is 2. The van der Waals surface area contributed by atoms with Crippen LogP contribution in [0.25, 0.3) is 22.3 Å². The summed E-state index contributed by atoms with van der Waals surface area (Å²) in [6.07, 6.45) is 1.75. The summed E-state index contributed by atoms with van der Waals surface area (Å²) in [6, 6.07) is 22.0. The summed E-state index contributed by atoms with van der Waals surface area (Å²) in [5.74, 6) is -0.586. The molecule has 0 fully saturated rings. The van der Waals surface area contributed by atoms with Crippen molar-refractivity contribution in [1.29, 1.82) is 0 Å². The molecule has 0 aliphatic rings. The molecule has 1 heterocycles. The topological polar surface area (TPSA) is 81.2 Å². The van der Waals surface area contributed by atoms with Crippen LogP contribution in [0, 0.1) is 0 Å². The highest BCUT2D eigenvalue weighted by atomic mass is 16.5. The zero-order valence-corrected chi connectivity index (χ0v) is 16.3. The van der Waals surface area contributed by atoms with Gasteiger partial charge < -0.3 is 10.1 Å². The fourth-order valence-corrected chi connectivity index (χ4v) is 2.99. The smallest absolute Gasteiger partial charge is 0.338 e. The third kappa shape index (κ3) is 4.50. The van der Waals surface area contributed by atoms with Crippen molar-refractivity contribution in [2.24, 2.45) is 0 Å². The lowest BCUT2D eigenvalue weighted by atomic mass is 10.1. The van der Waals surface area contributed by atoms with Gasteiger partial charge in [-0.15, -0.1) is 0 Å². The SMILES string of the molecule is CC(=O)Nc1ccc(C(=O)OCc2ccc(-c3cnc4ccccc4n3)cc2)cc1. The molecule has 148 valence electrons. The number of amides is 1. The number of carbonyl (C=O) groups excluding carboxylic acids is 2. The van der Waals surface area contributed by atoms with Crippen LogP contribution >= 0.6 is 0 Å². The van der Waals surface area contributed by atoms with E-state index >= 15 is 0 Å². The fourth-order valence-electron chi connectivity index (χ4n) is 2.99.